The van der Waals surface area contributed by atoms with Crippen molar-refractivity contribution in [1.29, 1.82) is 0 Å². The Hall–Kier alpha value is -3.35. The van der Waals surface area contributed by atoms with Gasteiger partial charge in [0.2, 0.25) is 5.91 Å². The van der Waals surface area contributed by atoms with Crippen LogP contribution in [0.1, 0.15) is 28.5 Å². The van der Waals surface area contributed by atoms with Crippen LogP contribution in [0.15, 0.2) is 52.9 Å². The fraction of sp³-hybridized carbons (Fsp3) is 0.333. The maximum atomic E-state index is 13.1. The van der Waals surface area contributed by atoms with Gasteiger partial charge in [-0.05, 0) is 42.2 Å². The third-order valence-corrected chi connectivity index (χ3v) is 6.22. The van der Waals surface area contributed by atoms with Crippen molar-refractivity contribution in [2.24, 2.45) is 5.92 Å². The Labute approximate surface area is 179 Å². The van der Waals surface area contributed by atoms with Crippen LogP contribution in [0.2, 0.25) is 0 Å². The summed E-state index contributed by atoms with van der Waals surface area (Å²) in [6.45, 7) is 1.93. The van der Waals surface area contributed by atoms with Crippen molar-refractivity contribution in [3.63, 3.8) is 0 Å². The van der Waals surface area contributed by atoms with Crippen LogP contribution < -0.4 is 4.74 Å². The van der Waals surface area contributed by atoms with Crippen LogP contribution in [-0.4, -0.2) is 54.9 Å². The van der Waals surface area contributed by atoms with Gasteiger partial charge in [-0.15, -0.1) is 0 Å². The summed E-state index contributed by atoms with van der Waals surface area (Å²) in [7, 11) is 1.57. The summed E-state index contributed by atoms with van der Waals surface area (Å²) in [5.74, 6) is 0.658. The van der Waals surface area contributed by atoms with E-state index in [4.69, 9.17) is 9.15 Å². The fourth-order valence-electron chi connectivity index (χ4n) is 4.37. The predicted molar refractivity (Wildman–Crippen MR) is 112 cm³/mol. The molecule has 0 radical (unpaired) electrons. The standard InChI is InChI=1S/C24H23FN2O4/c1-30-20-4-2-3-16-13-21(31-22(16)20)24(29)27-11-9-26(10-12-27)23(28)19-14-18(19)15-5-7-17(25)8-6-15/h2-8,13,18-19H,9-12,14H2,1H3/t18-,19+/m1/s1. The zero-order valence-corrected chi connectivity index (χ0v) is 17.2. The molecule has 5 rings (SSSR count). The first-order valence-electron chi connectivity index (χ1n) is 10.4. The quantitative estimate of drug-likeness (QED) is 0.644. The zero-order valence-electron chi connectivity index (χ0n) is 17.2. The number of halogens is 1. The van der Waals surface area contributed by atoms with Gasteiger partial charge in [0.15, 0.2) is 17.1 Å². The first-order chi connectivity index (χ1) is 15.0. The minimum Gasteiger partial charge on any atom is -0.493 e. The lowest BCUT2D eigenvalue weighted by atomic mass is 10.1. The molecule has 1 aliphatic carbocycles. The second-order valence-corrected chi connectivity index (χ2v) is 8.11. The van der Waals surface area contributed by atoms with E-state index in [1.807, 2.05) is 17.0 Å². The Bertz CT molecular complexity index is 1130. The van der Waals surface area contributed by atoms with Crippen LogP contribution in [0.3, 0.4) is 0 Å². The van der Waals surface area contributed by atoms with E-state index in [1.54, 1.807) is 36.3 Å². The number of fused-ring (bicyclic) bond motifs is 1. The minimum atomic E-state index is -0.268. The molecule has 7 heteroatoms. The van der Waals surface area contributed by atoms with E-state index >= 15 is 0 Å². The highest BCUT2D eigenvalue weighted by atomic mass is 19.1. The average Bonchev–Trinajstić information content (AvgIpc) is 3.48. The first-order valence-corrected chi connectivity index (χ1v) is 10.4. The van der Waals surface area contributed by atoms with E-state index in [9.17, 15) is 14.0 Å². The second kappa shape index (κ2) is 7.72. The lowest BCUT2D eigenvalue weighted by Gasteiger charge is -2.34. The van der Waals surface area contributed by atoms with Crippen molar-refractivity contribution in [3.05, 3.63) is 65.7 Å². The first kappa shape index (κ1) is 19.6. The summed E-state index contributed by atoms with van der Waals surface area (Å²) in [4.78, 5) is 29.3. The smallest absolute Gasteiger partial charge is 0.289 e. The number of ether oxygens (including phenoxy) is 1. The van der Waals surface area contributed by atoms with Crippen molar-refractivity contribution < 1.29 is 23.1 Å². The topological polar surface area (TPSA) is 63.0 Å². The minimum absolute atomic E-state index is 0.0458. The normalized spacial score (nSPS) is 20.7. The molecular formula is C24H23FN2O4. The molecule has 2 atom stereocenters. The van der Waals surface area contributed by atoms with Gasteiger partial charge in [-0.25, -0.2) is 4.39 Å². The van der Waals surface area contributed by atoms with Crippen molar-refractivity contribution in [1.82, 2.24) is 9.80 Å². The molecule has 1 saturated heterocycles. The fourth-order valence-corrected chi connectivity index (χ4v) is 4.37. The van der Waals surface area contributed by atoms with E-state index in [2.05, 4.69) is 0 Å². The van der Waals surface area contributed by atoms with E-state index in [-0.39, 0.29) is 35.2 Å². The van der Waals surface area contributed by atoms with Crippen LogP contribution in [0, 0.1) is 11.7 Å². The molecule has 6 nitrogen and oxygen atoms in total. The van der Waals surface area contributed by atoms with Crippen molar-refractivity contribution in [2.45, 2.75) is 12.3 Å². The molecule has 2 aromatic carbocycles. The molecule has 0 N–H and O–H groups in total. The average molecular weight is 422 g/mol. The van der Waals surface area contributed by atoms with Crippen LogP contribution in [-0.2, 0) is 4.79 Å². The summed E-state index contributed by atoms with van der Waals surface area (Å²) in [6.07, 6.45) is 0.796. The van der Waals surface area contributed by atoms with Gasteiger partial charge in [-0.1, -0.05) is 24.3 Å². The van der Waals surface area contributed by atoms with Gasteiger partial charge in [-0.3, -0.25) is 9.59 Å². The Balaban J connectivity index is 1.20. The number of para-hydroxylation sites is 1. The number of rotatable bonds is 4. The van der Waals surface area contributed by atoms with Gasteiger partial charge in [-0.2, -0.15) is 0 Å². The number of piperazine rings is 1. The predicted octanol–water partition coefficient (Wildman–Crippen LogP) is 3.67. The Kier molecular flexibility index (Phi) is 4.88. The largest absolute Gasteiger partial charge is 0.493 e. The summed E-state index contributed by atoms with van der Waals surface area (Å²) >= 11 is 0. The molecule has 160 valence electrons. The number of nitrogens with zero attached hydrogens (tertiary/aromatic N) is 2. The number of hydrogen-bond donors (Lipinski definition) is 0. The van der Waals surface area contributed by atoms with Crippen molar-refractivity contribution >= 4 is 22.8 Å². The molecular weight excluding hydrogens is 399 g/mol. The van der Waals surface area contributed by atoms with E-state index in [0.717, 1.165) is 17.4 Å². The molecule has 2 heterocycles. The molecule has 2 fully saturated rings. The molecule has 1 aliphatic heterocycles. The van der Waals surface area contributed by atoms with Crippen LogP contribution in [0.4, 0.5) is 4.39 Å². The number of amides is 2. The van der Waals surface area contributed by atoms with E-state index in [0.29, 0.717) is 37.5 Å². The molecule has 1 saturated carbocycles. The molecule has 0 spiro atoms. The number of methoxy groups -OCH3 is 1. The third kappa shape index (κ3) is 3.65. The molecule has 2 aliphatic rings. The number of carbonyl (C=O) groups is 2. The molecule has 0 unspecified atom stereocenters. The molecule has 31 heavy (non-hydrogen) atoms. The van der Waals surface area contributed by atoms with Gasteiger partial charge in [0.25, 0.3) is 5.91 Å². The maximum Gasteiger partial charge on any atom is 0.289 e. The van der Waals surface area contributed by atoms with Gasteiger partial charge < -0.3 is 19.0 Å². The number of furan rings is 1. The van der Waals surface area contributed by atoms with Gasteiger partial charge in [0, 0.05) is 37.5 Å². The van der Waals surface area contributed by atoms with Crippen molar-refractivity contribution in [2.75, 3.05) is 33.3 Å². The van der Waals surface area contributed by atoms with Gasteiger partial charge in [0.1, 0.15) is 5.82 Å². The molecule has 1 aromatic heterocycles. The number of benzene rings is 2. The van der Waals surface area contributed by atoms with Gasteiger partial charge >= 0.3 is 0 Å². The third-order valence-electron chi connectivity index (χ3n) is 6.22. The van der Waals surface area contributed by atoms with Gasteiger partial charge in [0.05, 0.1) is 7.11 Å². The maximum absolute atomic E-state index is 13.1. The summed E-state index contributed by atoms with van der Waals surface area (Å²) in [6, 6.07) is 13.6. The molecule has 0 bridgehead atoms. The Morgan fingerprint density at radius 1 is 1.03 bits per heavy atom. The number of carbonyl (C=O) groups excluding carboxylic acids is 2. The van der Waals surface area contributed by atoms with E-state index in [1.165, 1.54) is 12.1 Å². The molecule has 3 aromatic rings. The Morgan fingerprint density at radius 2 is 1.74 bits per heavy atom. The second-order valence-electron chi connectivity index (χ2n) is 8.11. The number of hydrogen-bond acceptors (Lipinski definition) is 4. The summed E-state index contributed by atoms with van der Waals surface area (Å²) < 4.78 is 24.2. The van der Waals surface area contributed by atoms with Crippen LogP contribution >= 0.6 is 0 Å². The lowest BCUT2D eigenvalue weighted by Crippen LogP contribution is -2.51. The van der Waals surface area contributed by atoms with Crippen LogP contribution in [0.5, 0.6) is 5.75 Å². The summed E-state index contributed by atoms with van der Waals surface area (Å²) in [5.41, 5.74) is 1.57. The zero-order chi connectivity index (χ0) is 21.5. The SMILES string of the molecule is COc1cccc2cc(C(=O)N3CCN(C(=O)[C@H]4C[C@@H]4c4ccc(F)cc4)CC3)oc12. The molecule has 2 amide bonds. The Morgan fingerprint density at radius 3 is 2.45 bits per heavy atom. The van der Waals surface area contributed by atoms with Crippen molar-refractivity contribution in [3.8, 4) is 5.75 Å². The van der Waals surface area contributed by atoms with Crippen LogP contribution in [0.25, 0.3) is 11.0 Å². The highest BCUT2D eigenvalue weighted by Crippen LogP contribution is 2.48. The highest BCUT2D eigenvalue weighted by Gasteiger charge is 2.46. The summed E-state index contributed by atoms with van der Waals surface area (Å²) in [5, 5.41) is 0.817. The lowest BCUT2D eigenvalue weighted by molar-refractivity contribution is -0.134. The monoisotopic (exact) mass is 422 g/mol. The highest BCUT2D eigenvalue weighted by molar-refractivity contribution is 5.97. The van der Waals surface area contributed by atoms with E-state index < -0.39 is 0 Å².